The highest BCUT2D eigenvalue weighted by atomic mass is 19.1. The zero-order valence-corrected chi connectivity index (χ0v) is 14.0. The summed E-state index contributed by atoms with van der Waals surface area (Å²) in [6.07, 6.45) is 2.49. The lowest BCUT2D eigenvalue weighted by molar-refractivity contribution is 0.0945. The Kier molecular flexibility index (Phi) is 4.31. The highest BCUT2D eigenvalue weighted by Crippen LogP contribution is 2.32. The third-order valence-electron chi connectivity index (χ3n) is 4.40. The topological polar surface area (TPSA) is 58.1 Å². The third-order valence-corrected chi connectivity index (χ3v) is 4.40. The maximum atomic E-state index is 13.7. The normalized spacial score (nSPS) is 12.7. The van der Waals surface area contributed by atoms with Crippen LogP contribution in [0.1, 0.15) is 21.6 Å². The molecule has 0 fully saturated rings. The number of hydrogen-bond donors (Lipinski definition) is 1. The number of rotatable bonds is 4. The van der Waals surface area contributed by atoms with E-state index in [-0.39, 0.29) is 24.0 Å². The first-order chi connectivity index (χ1) is 12.7. The van der Waals surface area contributed by atoms with Crippen molar-refractivity contribution in [2.24, 2.45) is 0 Å². The van der Waals surface area contributed by atoms with Gasteiger partial charge in [0.15, 0.2) is 0 Å². The summed E-state index contributed by atoms with van der Waals surface area (Å²) < 4.78 is 13.7. The molecule has 130 valence electrons. The summed E-state index contributed by atoms with van der Waals surface area (Å²) in [6, 6.07) is 16.0. The van der Waals surface area contributed by atoms with E-state index in [2.05, 4.69) is 21.4 Å². The fourth-order valence-corrected chi connectivity index (χ4v) is 3.06. The van der Waals surface area contributed by atoms with Crippen molar-refractivity contribution in [1.29, 1.82) is 0 Å². The molecule has 1 aliphatic heterocycles. The summed E-state index contributed by atoms with van der Waals surface area (Å²) in [7, 11) is 0. The number of carbonyl (C=O) groups excluding carboxylic acids is 1. The SMILES string of the molecule is O=C(NCc1ccccc1F)c1ccnc(N2CCc3ccccc32)n1. The number of benzene rings is 2. The van der Waals surface area contributed by atoms with Crippen LogP contribution >= 0.6 is 0 Å². The minimum atomic E-state index is -0.357. The van der Waals surface area contributed by atoms with Crippen LogP contribution in [-0.2, 0) is 13.0 Å². The van der Waals surface area contributed by atoms with E-state index in [9.17, 15) is 9.18 Å². The molecule has 0 radical (unpaired) electrons. The van der Waals surface area contributed by atoms with Crippen molar-refractivity contribution in [2.75, 3.05) is 11.4 Å². The standard InChI is InChI=1S/C20H17FN4O/c21-16-7-3-1-6-15(16)13-23-19(26)17-9-11-22-20(24-17)25-12-10-14-5-2-4-8-18(14)25/h1-9,11H,10,12-13H2,(H,23,26). The zero-order valence-electron chi connectivity index (χ0n) is 14.0. The fourth-order valence-electron chi connectivity index (χ4n) is 3.06. The molecule has 26 heavy (non-hydrogen) atoms. The van der Waals surface area contributed by atoms with Crippen molar-refractivity contribution in [3.63, 3.8) is 0 Å². The van der Waals surface area contributed by atoms with Gasteiger partial charge in [0.05, 0.1) is 0 Å². The van der Waals surface area contributed by atoms with Gasteiger partial charge in [-0.15, -0.1) is 0 Å². The molecular weight excluding hydrogens is 331 g/mol. The first-order valence-electron chi connectivity index (χ1n) is 8.42. The molecule has 6 heteroatoms. The van der Waals surface area contributed by atoms with Gasteiger partial charge in [-0.05, 0) is 30.2 Å². The first-order valence-corrected chi connectivity index (χ1v) is 8.42. The van der Waals surface area contributed by atoms with Crippen molar-refractivity contribution in [1.82, 2.24) is 15.3 Å². The predicted molar refractivity (Wildman–Crippen MR) is 96.8 cm³/mol. The molecule has 1 aromatic heterocycles. The molecule has 0 saturated carbocycles. The van der Waals surface area contributed by atoms with E-state index in [4.69, 9.17) is 0 Å². The average molecular weight is 348 g/mol. The summed E-state index contributed by atoms with van der Waals surface area (Å²) in [5.41, 5.74) is 3.00. The van der Waals surface area contributed by atoms with Gasteiger partial charge >= 0.3 is 0 Å². The van der Waals surface area contributed by atoms with Crippen LogP contribution in [0.2, 0.25) is 0 Å². The summed E-state index contributed by atoms with van der Waals surface area (Å²) in [5.74, 6) is -0.206. The molecule has 0 unspecified atom stereocenters. The minimum absolute atomic E-state index is 0.109. The number of hydrogen-bond acceptors (Lipinski definition) is 4. The summed E-state index contributed by atoms with van der Waals surface area (Å²) >= 11 is 0. The number of carbonyl (C=O) groups is 1. The Morgan fingerprint density at radius 2 is 1.92 bits per heavy atom. The van der Waals surface area contributed by atoms with Gasteiger partial charge in [-0.2, -0.15) is 0 Å². The number of amides is 1. The molecule has 0 aliphatic carbocycles. The predicted octanol–water partition coefficient (Wildman–Crippen LogP) is 3.24. The van der Waals surface area contributed by atoms with E-state index in [1.54, 1.807) is 30.5 Å². The van der Waals surface area contributed by atoms with E-state index in [0.717, 1.165) is 18.7 Å². The van der Waals surface area contributed by atoms with Crippen molar-refractivity contribution < 1.29 is 9.18 Å². The van der Waals surface area contributed by atoms with Crippen LogP contribution in [0.5, 0.6) is 0 Å². The molecule has 0 saturated heterocycles. The van der Waals surface area contributed by atoms with Gasteiger partial charge in [0.25, 0.3) is 5.91 Å². The van der Waals surface area contributed by atoms with E-state index < -0.39 is 0 Å². The number of fused-ring (bicyclic) bond motifs is 1. The van der Waals surface area contributed by atoms with Crippen LogP contribution < -0.4 is 10.2 Å². The fraction of sp³-hybridized carbons (Fsp3) is 0.150. The number of para-hydroxylation sites is 1. The largest absolute Gasteiger partial charge is 0.347 e. The Morgan fingerprint density at radius 3 is 2.81 bits per heavy atom. The van der Waals surface area contributed by atoms with Crippen molar-refractivity contribution >= 4 is 17.5 Å². The molecule has 2 heterocycles. The van der Waals surface area contributed by atoms with Crippen LogP contribution in [0, 0.1) is 5.82 Å². The van der Waals surface area contributed by atoms with Gasteiger partial charge in [-0.25, -0.2) is 14.4 Å². The molecule has 0 atom stereocenters. The number of nitrogens with zero attached hydrogens (tertiary/aromatic N) is 3. The number of nitrogens with one attached hydrogen (secondary N) is 1. The lowest BCUT2D eigenvalue weighted by atomic mass is 10.2. The molecule has 2 aromatic carbocycles. The molecular formula is C20H17FN4O. The second-order valence-corrected chi connectivity index (χ2v) is 6.05. The van der Waals surface area contributed by atoms with E-state index >= 15 is 0 Å². The van der Waals surface area contributed by atoms with Crippen molar-refractivity contribution in [3.05, 3.63) is 83.4 Å². The quantitative estimate of drug-likeness (QED) is 0.786. The lowest BCUT2D eigenvalue weighted by Gasteiger charge is -2.17. The van der Waals surface area contributed by atoms with Gasteiger partial charge in [0.1, 0.15) is 11.5 Å². The van der Waals surface area contributed by atoms with Gasteiger partial charge in [-0.3, -0.25) is 4.79 Å². The Hall–Kier alpha value is -3.28. The Labute approximate surface area is 150 Å². The molecule has 0 spiro atoms. The molecule has 3 aromatic rings. The second-order valence-electron chi connectivity index (χ2n) is 6.05. The highest BCUT2D eigenvalue weighted by molar-refractivity contribution is 5.92. The Bertz CT molecular complexity index is 960. The van der Waals surface area contributed by atoms with Crippen LogP contribution in [0.25, 0.3) is 0 Å². The number of halogens is 1. The van der Waals surface area contributed by atoms with Gasteiger partial charge < -0.3 is 10.2 Å². The molecule has 1 N–H and O–H groups in total. The lowest BCUT2D eigenvalue weighted by Crippen LogP contribution is -2.25. The molecule has 1 aliphatic rings. The summed E-state index contributed by atoms with van der Waals surface area (Å²) in [6.45, 7) is 0.886. The third kappa shape index (κ3) is 3.13. The minimum Gasteiger partial charge on any atom is -0.347 e. The molecule has 5 nitrogen and oxygen atoms in total. The summed E-state index contributed by atoms with van der Waals surface area (Å²) in [5, 5.41) is 2.71. The molecule has 0 bridgehead atoms. The van der Waals surface area contributed by atoms with E-state index in [0.29, 0.717) is 11.5 Å². The summed E-state index contributed by atoms with van der Waals surface area (Å²) in [4.78, 5) is 23.1. The van der Waals surface area contributed by atoms with Crippen LogP contribution in [0.3, 0.4) is 0 Å². The van der Waals surface area contributed by atoms with Crippen molar-refractivity contribution in [2.45, 2.75) is 13.0 Å². The van der Waals surface area contributed by atoms with Gasteiger partial charge in [-0.1, -0.05) is 36.4 Å². The van der Waals surface area contributed by atoms with Crippen LogP contribution in [0.15, 0.2) is 60.8 Å². The smallest absolute Gasteiger partial charge is 0.270 e. The van der Waals surface area contributed by atoms with E-state index in [1.807, 2.05) is 23.1 Å². The second kappa shape index (κ2) is 6.92. The van der Waals surface area contributed by atoms with Crippen LogP contribution in [-0.4, -0.2) is 22.4 Å². The number of aromatic nitrogens is 2. The van der Waals surface area contributed by atoms with Gasteiger partial charge in [0.2, 0.25) is 5.95 Å². The highest BCUT2D eigenvalue weighted by Gasteiger charge is 2.22. The Morgan fingerprint density at radius 1 is 1.12 bits per heavy atom. The monoisotopic (exact) mass is 348 g/mol. The van der Waals surface area contributed by atoms with E-state index in [1.165, 1.54) is 11.6 Å². The van der Waals surface area contributed by atoms with Crippen molar-refractivity contribution in [3.8, 4) is 0 Å². The van der Waals surface area contributed by atoms with Crippen LogP contribution in [0.4, 0.5) is 16.0 Å². The van der Waals surface area contributed by atoms with Gasteiger partial charge in [0, 0.05) is 30.5 Å². The average Bonchev–Trinajstić information content (AvgIpc) is 3.11. The maximum Gasteiger partial charge on any atom is 0.270 e. The maximum absolute atomic E-state index is 13.7. The first kappa shape index (κ1) is 16.2. The Balaban J connectivity index is 1.51. The number of anilines is 2. The zero-order chi connectivity index (χ0) is 17.9. The molecule has 1 amide bonds. The molecule has 4 rings (SSSR count).